The normalized spacial score (nSPS) is 9.90. The first-order chi connectivity index (χ1) is 10.2. The van der Waals surface area contributed by atoms with Crippen LogP contribution in [0.2, 0.25) is 0 Å². The van der Waals surface area contributed by atoms with Crippen LogP contribution in [0, 0.1) is 11.3 Å². The first-order valence-electron chi connectivity index (χ1n) is 7.14. The van der Waals surface area contributed by atoms with Gasteiger partial charge in [0.25, 0.3) is 5.91 Å². The van der Waals surface area contributed by atoms with E-state index >= 15 is 0 Å². The molecule has 0 aliphatic rings. The van der Waals surface area contributed by atoms with Crippen molar-refractivity contribution in [2.45, 2.75) is 26.2 Å². The number of unbranched alkanes of at least 4 members (excludes halogenated alkanes) is 1. The summed E-state index contributed by atoms with van der Waals surface area (Å²) in [6.45, 7) is 2.16. The lowest BCUT2D eigenvalue weighted by Crippen LogP contribution is -2.12. The van der Waals surface area contributed by atoms with Crippen LogP contribution in [0.15, 0.2) is 48.5 Å². The number of rotatable bonds is 5. The van der Waals surface area contributed by atoms with E-state index in [0.717, 1.165) is 19.3 Å². The Balaban J connectivity index is 2.08. The van der Waals surface area contributed by atoms with Crippen LogP contribution < -0.4 is 5.32 Å². The lowest BCUT2D eigenvalue weighted by molar-refractivity contribution is 0.102. The van der Waals surface area contributed by atoms with Crippen molar-refractivity contribution in [2.75, 3.05) is 5.32 Å². The van der Waals surface area contributed by atoms with Gasteiger partial charge in [-0.05, 0) is 42.7 Å². The number of para-hydroxylation sites is 1. The Hall–Kier alpha value is -2.60. The van der Waals surface area contributed by atoms with E-state index in [-0.39, 0.29) is 5.91 Å². The zero-order valence-corrected chi connectivity index (χ0v) is 12.1. The standard InChI is InChI=1S/C18H18N2O/c1-2-3-6-14-9-11-15(12-10-14)18(21)20-17-8-5-4-7-16(17)13-19/h4-5,7-12H,2-3,6H2,1H3,(H,20,21). The van der Waals surface area contributed by atoms with Crippen molar-refractivity contribution in [3.05, 3.63) is 65.2 Å². The summed E-state index contributed by atoms with van der Waals surface area (Å²) in [6, 6.07) is 16.7. The van der Waals surface area contributed by atoms with Gasteiger partial charge in [-0.1, -0.05) is 37.6 Å². The molecule has 1 N–H and O–H groups in total. The minimum atomic E-state index is -0.195. The summed E-state index contributed by atoms with van der Waals surface area (Å²) in [5.41, 5.74) is 2.85. The molecule has 3 heteroatoms. The maximum atomic E-state index is 12.2. The van der Waals surface area contributed by atoms with Gasteiger partial charge in [-0.2, -0.15) is 5.26 Å². The third-order valence-corrected chi connectivity index (χ3v) is 3.33. The molecule has 1 amide bonds. The molecular weight excluding hydrogens is 260 g/mol. The highest BCUT2D eigenvalue weighted by atomic mass is 16.1. The van der Waals surface area contributed by atoms with Gasteiger partial charge in [0, 0.05) is 5.56 Å². The van der Waals surface area contributed by atoms with Crippen LogP contribution in [0.25, 0.3) is 0 Å². The minimum absolute atomic E-state index is 0.195. The van der Waals surface area contributed by atoms with Gasteiger partial charge >= 0.3 is 0 Å². The predicted octanol–water partition coefficient (Wildman–Crippen LogP) is 4.15. The van der Waals surface area contributed by atoms with Crippen molar-refractivity contribution in [2.24, 2.45) is 0 Å². The highest BCUT2D eigenvalue weighted by molar-refractivity contribution is 6.04. The lowest BCUT2D eigenvalue weighted by atomic mass is 10.1. The number of nitriles is 1. The van der Waals surface area contributed by atoms with Crippen molar-refractivity contribution >= 4 is 11.6 Å². The number of nitrogens with one attached hydrogen (secondary N) is 1. The Labute approximate surface area is 125 Å². The number of amides is 1. The molecule has 0 heterocycles. The lowest BCUT2D eigenvalue weighted by Gasteiger charge is -2.07. The summed E-state index contributed by atoms with van der Waals surface area (Å²) in [5.74, 6) is -0.195. The Morgan fingerprint density at radius 1 is 1.14 bits per heavy atom. The molecule has 0 spiro atoms. The molecule has 0 unspecified atom stereocenters. The van der Waals surface area contributed by atoms with Crippen LogP contribution in [0.5, 0.6) is 0 Å². The Bertz CT molecular complexity index is 654. The van der Waals surface area contributed by atoms with Crippen LogP contribution in [0.3, 0.4) is 0 Å². The summed E-state index contributed by atoms with van der Waals surface area (Å²) in [5, 5.41) is 11.8. The summed E-state index contributed by atoms with van der Waals surface area (Å²) < 4.78 is 0. The number of carbonyl (C=O) groups is 1. The van der Waals surface area contributed by atoms with E-state index in [2.05, 4.69) is 18.3 Å². The second-order valence-corrected chi connectivity index (χ2v) is 4.91. The Morgan fingerprint density at radius 3 is 2.52 bits per heavy atom. The molecule has 0 radical (unpaired) electrons. The van der Waals surface area contributed by atoms with E-state index in [0.29, 0.717) is 16.8 Å². The zero-order valence-electron chi connectivity index (χ0n) is 12.1. The number of hydrogen-bond donors (Lipinski definition) is 1. The molecule has 0 atom stereocenters. The highest BCUT2D eigenvalue weighted by Crippen LogP contribution is 2.15. The van der Waals surface area contributed by atoms with Gasteiger partial charge in [-0.15, -0.1) is 0 Å². The molecule has 0 aliphatic carbocycles. The zero-order chi connectivity index (χ0) is 15.1. The molecule has 2 aromatic carbocycles. The number of carbonyl (C=O) groups excluding carboxylic acids is 1. The second-order valence-electron chi connectivity index (χ2n) is 4.91. The van der Waals surface area contributed by atoms with Crippen LogP contribution >= 0.6 is 0 Å². The fourth-order valence-corrected chi connectivity index (χ4v) is 2.09. The molecule has 0 bridgehead atoms. The maximum absolute atomic E-state index is 12.2. The van der Waals surface area contributed by atoms with Crippen molar-refractivity contribution in [1.82, 2.24) is 0 Å². The Morgan fingerprint density at radius 2 is 1.86 bits per heavy atom. The van der Waals surface area contributed by atoms with E-state index in [1.165, 1.54) is 5.56 Å². The molecule has 0 saturated carbocycles. The smallest absolute Gasteiger partial charge is 0.255 e. The third-order valence-electron chi connectivity index (χ3n) is 3.33. The summed E-state index contributed by atoms with van der Waals surface area (Å²) in [7, 11) is 0. The molecule has 0 saturated heterocycles. The molecule has 0 aromatic heterocycles. The fourth-order valence-electron chi connectivity index (χ4n) is 2.09. The molecule has 2 aromatic rings. The van der Waals surface area contributed by atoms with Gasteiger partial charge in [0.15, 0.2) is 0 Å². The first-order valence-corrected chi connectivity index (χ1v) is 7.14. The fraction of sp³-hybridized carbons (Fsp3) is 0.222. The van der Waals surface area contributed by atoms with Gasteiger partial charge < -0.3 is 5.32 Å². The van der Waals surface area contributed by atoms with E-state index < -0.39 is 0 Å². The number of aryl methyl sites for hydroxylation is 1. The maximum Gasteiger partial charge on any atom is 0.255 e. The van der Waals surface area contributed by atoms with E-state index in [4.69, 9.17) is 5.26 Å². The van der Waals surface area contributed by atoms with Crippen molar-refractivity contribution < 1.29 is 4.79 Å². The van der Waals surface area contributed by atoms with Gasteiger partial charge in [-0.3, -0.25) is 4.79 Å². The molecule has 0 aliphatic heterocycles. The quantitative estimate of drug-likeness (QED) is 0.893. The monoisotopic (exact) mass is 278 g/mol. The number of hydrogen-bond acceptors (Lipinski definition) is 2. The average Bonchev–Trinajstić information content (AvgIpc) is 2.54. The summed E-state index contributed by atoms with van der Waals surface area (Å²) >= 11 is 0. The van der Waals surface area contributed by atoms with Crippen LogP contribution in [0.4, 0.5) is 5.69 Å². The van der Waals surface area contributed by atoms with Crippen LogP contribution in [-0.2, 0) is 6.42 Å². The van der Waals surface area contributed by atoms with Gasteiger partial charge in [0.2, 0.25) is 0 Å². The van der Waals surface area contributed by atoms with E-state index in [1.54, 1.807) is 24.3 Å². The summed E-state index contributed by atoms with van der Waals surface area (Å²) in [4.78, 5) is 12.2. The van der Waals surface area contributed by atoms with Crippen molar-refractivity contribution in [3.63, 3.8) is 0 Å². The largest absolute Gasteiger partial charge is 0.321 e. The van der Waals surface area contributed by atoms with E-state index in [9.17, 15) is 4.79 Å². The topological polar surface area (TPSA) is 52.9 Å². The number of nitrogens with zero attached hydrogens (tertiary/aromatic N) is 1. The average molecular weight is 278 g/mol. The molecule has 0 fully saturated rings. The first kappa shape index (κ1) is 14.8. The van der Waals surface area contributed by atoms with Gasteiger partial charge in [-0.25, -0.2) is 0 Å². The summed E-state index contributed by atoms with van der Waals surface area (Å²) in [6.07, 6.45) is 3.35. The number of benzene rings is 2. The SMILES string of the molecule is CCCCc1ccc(C(=O)Nc2ccccc2C#N)cc1. The third kappa shape index (κ3) is 3.93. The predicted molar refractivity (Wildman–Crippen MR) is 84.2 cm³/mol. The minimum Gasteiger partial charge on any atom is -0.321 e. The molecular formula is C18H18N2O. The Kier molecular flexibility index (Phi) is 5.11. The molecule has 3 nitrogen and oxygen atoms in total. The van der Waals surface area contributed by atoms with Crippen molar-refractivity contribution in [3.8, 4) is 6.07 Å². The van der Waals surface area contributed by atoms with Gasteiger partial charge in [0.1, 0.15) is 6.07 Å². The van der Waals surface area contributed by atoms with Crippen LogP contribution in [0.1, 0.15) is 41.3 Å². The number of anilines is 1. The van der Waals surface area contributed by atoms with Gasteiger partial charge in [0.05, 0.1) is 11.3 Å². The molecule has 2 rings (SSSR count). The molecule has 106 valence electrons. The van der Waals surface area contributed by atoms with Crippen LogP contribution in [-0.4, -0.2) is 5.91 Å². The molecule has 21 heavy (non-hydrogen) atoms. The second kappa shape index (κ2) is 7.25. The van der Waals surface area contributed by atoms with Crippen molar-refractivity contribution in [1.29, 1.82) is 5.26 Å². The highest BCUT2D eigenvalue weighted by Gasteiger charge is 2.08. The van der Waals surface area contributed by atoms with E-state index in [1.807, 2.05) is 24.3 Å².